The van der Waals surface area contributed by atoms with E-state index in [2.05, 4.69) is 20.6 Å². The van der Waals surface area contributed by atoms with E-state index < -0.39 is 12.3 Å². The molecule has 1 aliphatic rings. The third kappa shape index (κ3) is 5.99. The molecule has 0 radical (unpaired) electrons. The minimum atomic E-state index is -4.79. The van der Waals surface area contributed by atoms with Gasteiger partial charge in [-0.3, -0.25) is 4.79 Å². The summed E-state index contributed by atoms with van der Waals surface area (Å²) < 4.78 is 42.9. The molecule has 34 heavy (non-hydrogen) atoms. The lowest BCUT2D eigenvalue weighted by atomic mass is 9.97. The third-order valence-electron chi connectivity index (χ3n) is 5.32. The van der Waals surface area contributed by atoms with Crippen molar-refractivity contribution in [3.8, 4) is 5.75 Å². The highest BCUT2D eigenvalue weighted by atomic mass is 35.5. The maximum atomic E-state index is 12.7. The zero-order chi connectivity index (χ0) is 24.3. The minimum Gasteiger partial charge on any atom is -0.406 e. The average Bonchev–Trinajstić information content (AvgIpc) is 3.11. The monoisotopic (exact) mass is 513 g/mol. The number of piperidine rings is 1. The number of halogens is 5. The first-order valence-electron chi connectivity index (χ1n) is 10.4. The maximum Gasteiger partial charge on any atom is 0.573 e. The molecule has 0 spiro atoms. The van der Waals surface area contributed by atoms with E-state index in [1.807, 2.05) is 0 Å². The smallest absolute Gasteiger partial charge is 0.406 e. The van der Waals surface area contributed by atoms with Crippen molar-refractivity contribution in [1.82, 2.24) is 20.3 Å². The van der Waals surface area contributed by atoms with Gasteiger partial charge >= 0.3 is 6.36 Å². The number of alkyl halides is 3. The average molecular weight is 514 g/mol. The largest absolute Gasteiger partial charge is 0.573 e. The van der Waals surface area contributed by atoms with Crippen LogP contribution in [0.4, 0.5) is 13.2 Å². The second kappa shape index (κ2) is 10.2. The van der Waals surface area contributed by atoms with Gasteiger partial charge in [-0.15, -0.1) is 13.2 Å². The molecule has 1 saturated heterocycles. The summed E-state index contributed by atoms with van der Waals surface area (Å²) in [6.45, 7) is 1.63. The van der Waals surface area contributed by atoms with Gasteiger partial charge in [0.15, 0.2) is 0 Å². The molecule has 180 valence electrons. The first-order valence-corrected chi connectivity index (χ1v) is 11.2. The Balaban J connectivity index is 1.51. The lowest BCUT2D eigenvalue weighted by molar-refractivity contribution is -0.274. The molecular weight excluding hydrogens is 494 g/mol. The van der Waals surface area contributed by atoms with E-state index in [1.54, 1.807) is 16.7 Å². The molecule has 1 fully saturated rings. The molecule has 7 nitrogen and oxygen atoms in total. The van der Waals surface area contributed by atoms with Gasteiger partial charge in [-0.2, -0.15) is 5.10 Å². The number of fused-ring (bicyclic) bond motifs is 1. The van der Waals surface area contributed by atoms with Gasteiger partial charge in [-0.25, -0.2) is 10.4 Å². The number of imidazole rings is 1. The summed E-state index contributed by atoms with van der Waals surface area (Å²) in [5, 5.41) is 7.90. The van der Waals surface area contributed by atoms with Crippen LogP contribution in [-0.2, 0) is 11.3 Å². The molecule has 0 atom stereocenters. The van der Waals surface area contributed by atoms with Crippen LogP contribution in [0, 0.1) is 0 Å². The van der Waals surface area contributed by atoms with Crippen molar-refractivity contribution < 1.29 is 22.7 Å². The highest BCUT2D eigenvalue weighted by molar-refractivity contribution is 6.42. The molecule has 1 amide bonds. The Morgan fingerprint density at radius 1 is 1.24 bits per heavy atom. The van der Waals surface area contributed by atoms with Crippen LogP contribution < -0.4 is 15.5 Å². The number of benzene rings is 2. The van der Waals surface area contributed by atoms with Gasteiger partial charge < -0.3 is 14.6 Å². The molecule has 0 bridgehead atoms. The minimum absolute atomic E-state index is 0.0672. The number of carbonyl (C=O) groups is 1. The number of hydrogen-bond donors (Lipinski definition) is 2. The molecule has 2 aromatic carbocycles. The van der Waals surface area contributed by atoms with E-state index in [-0.39, 0.29) is 18.2 Å². The van der Waals surface area contributed by atoms with Crippen LogP contribution in [0.5, 0.6) is 5.75 Å². The Kier molecular flexibility index (Phi) is 7.30. The molecule has 0 saturated carbocycles. The molecule has 0 unspecified atom stereocenters. The van der Waals surface area contributed by atoms with Crippen molar-refractivity contribution in [2.45, 2.75) is 31.7 Å². The predicted octanol–water partition coefficient (Wildman–Crippen LogP) is 4.86. The molecular formula is C22H20Cl2F3N5O2. The number of hydrogen-bond acceptors (Lipinski definition) is 5. The van der Waals surface area contributed by atoms with Crippen molar-refractivity contribution in [2.24, 2.45) is 5.10 Å². The highest BCUT2D eigenvalue weighted by Gasteiger charge is 2.31. The summed E-state index contributed by atoms with van der Waals surface area (Å²) in [6, 6.07) is 8.61. The van der Waals surface area contributed by atoms with Crippen LogP contribution in [0.15, 0.2) is 41.5 Å². The lowest BCUT2D eigenvalue weighted by Crippen LogP contribution is -2.30. The fraction of sp³-hybridized carbons (Fsp3) is 0.318. The summed E-state index contributed by atoms with van der Waals surface area (Å²) in [5.74, 6) is 0.124. The first-order chi connectivity index (χ1) is 16.2. The van der Waals surface area contributed by atoms with Gasteiger partial charge in [0.1, 0.15) is 18.1 Å². The summed E-state index contributed by atoms with van der Waals surface area (Å²) >= 11 is 12.4. The van der Waals surface area contributed by atoms with Crippen molar-refractivity contribution in [2.75, 3.05) is 13.1 Å². The van der Waals surface area contributed by atoms with Crippen LogP contribution >= 0.6 is 23.2 Å². The molecule has 2 heterocycles. The van der Waals surface area contributed by atoms with Crippen molar-refractivity contribution in [3.63, 3.8) is 0 Å². The summed E-state index contributed by atoms with van der Waals surface area (Å²) in [6.07, 6.45) is -1.81. The topological polar surface area (TPSA) is 80.5 Å². The molecule has 1 aliphatic heterocycles. The Bertz CT molecular complexity index is 1220. The van der Waals surface area contributed by atoms with Crippen molar-refractivity contribution >= 4 is 46.4 Å². The number of hydrazone groups is 1. The first kappa shape index (κ1) is 24.3. The van der Waals surface area contributed by atoms with Gasteiger partial charge in [-0.1, -0.05) is 35.3 Å². The van der Waals surface area contributed by atoms with E-state index in [0.29, 0.717) is 26.6 Å². The third-order valence-corrected chi connectivity index (χ3v) is 6.04. The summed E-state index contributed by atoms with van der Waals surface area (Å²) in [4.78, 5) is 17.4. The number of amides is 1. The standard InChI is InChI=1S/C22H20Cl2F3N5O2/c23-16-9-18-19(10-17(16)24)32(21(30-18)14-4-6-28-7-5-14)12-20(33)31-29-11-13-2-1-3-15(8-13)34-22(25,26)27/h1-3,8-11,14,28H,4-7,12H2,(H,31,33)/b29-11+. The fourth-order valence-electron chi connectivity index (χ4n) is 3.85. The number of ether oxygens (including phenoxy) is 1. The highest BCUT2D eigenvalue weighted by Crippen LogP contribution is 2.32. The Labute approximate surface area is 202 Å². The van der Waals surface area contributed by atoms with Gasteiger partial charge in [0.25, 0.3) is 5.91 Å². The zero-order valence-corrected chi connectivity index (χ0v) is 19.2. The van der Waals surface area contributed by atoms with Crippen LogP contribution in [0.2, 0.25) is 10.0 Å². The van der Waals surface area contributed by atoms with Crippen LogP contribution in [0.25, 0.3) is 11.0 Å². The maximum absolute atomic E-state index is 12.7. The summed E-state index contributed by atoms with van der Waals surface area (Å²) in [7, 11) is 0. The Hall–Kier alpha value is -2.82. The normalized spacial score (nSPS) is 15.2. The molecule has 3 aromatic rings. The number of rotatable bonds is 6. The van der Waals surface area contributed by atoms with Crippen molar-refractivity contribution in [1.29, 1.82) is 0 Å². The number of nitrogens with one attached hydrogen (secondary N) is 2. The molecule has 12 heteroatoms. The lowest BCUT2D eigenvalue weighted by Gasteiger charge is -2.23. The van der Waals surface area contributed by atoms with E-state index in [4.69, 9.17) is 28.2 Å². The molecule has 4 rings (SSSR count). The SMILES string of the molecule is O=C(Cn1c(C2CCNCC2)nc2cc(Cl)c(Cl)cc21)N/N=C/c1cccc(OC(F)(F)F)c1. The van der Waals surface area contributed by atoms with E-state index in [0.717, 1.165) is 37.8 Å². The Morgan fingerprint density at radius 2 is 1.97 bits per heavy atom. The molecule has 0 aliphatic carbocycles. The second-order valence-corrected chi connectivity index (χ2v) is 8.56. The van der Waals surface area contributed by atoms with E-state index in [9.17, 15) is 18.0 Å². The van der Waals surface area contributed by atoms with E-state index >= 15 is 0 Å². The number of carbonyl (C=O) groups excluding carboxylic acids is 1. The Morgan fingerprint density at radius 3 is 2.71 bits per heavy atom. The number of aromatic nitrogens is 2. The molecule has 2 N–H and O–H groups in total. The predicted molar refractivity (Wildman–Crippen MR) is 123 cm³/mol. The van der Waals surface area contributed by atoms with Crippen LogP contribution in [-0.4, -0.2) is 41.1 Å². The van der Waals surface area contributed by atoms with Crippen LogP contribution in [0.1, 0.15) is 30.1 Å². The van der Waals surface area contributed by atoms with Gasteiger partial charge in [0.2, 0.25) is 0 Å². The number of nitrogens with zero attached hydrogens (tertiary/aromatic N) is 3. The van der Waals surface area contributed by atoms with Crippen LogP contribution in [0.3, 0.4) is 0 Å². The van der Waals surface area contributed by atoms with E-state index in [1.165, 1.54) is 24.4 Å². The van der Waals surface area contributed by atoms with Gasteiger partial charge in [-0.05, 0) is 55.8 Å². The zero-order valence-electron chi connectivity index (χ0n) is 17.7. The second-order valence-electron chi connectivity index (χ2n) is 7.75. The van der Waals surface area contributed by atoms with Gasteiger partial charge in [0.05, 0.1) is 27.3 Å². The summed E-state index contributed by atoms with van der Waals surface area (Å²) in [5.41, 5.74) is 4.05. The van der Waals surface area contributed by atoms with Gasteiger partial charge in [0, 0.05) is 5.92 Å². The molecule has 1 aromatic heterocycles. The van der Waals surface area contributed by atoms with Crippen molar-refractivity contribution in [3.05, 3.63) is 57.8 Å². The quantitative estimate of drug-likeness (QED) is 0.364. The fourth-order valence-corrected chi connectivity index (χ4v) is 4.16.